The first-order valence-corrected chi connectivity index (χ1v) is 13.0. The second kappa shape index (κ2) is 12.8. The quantitative estimate of drug-likeness (QED) is 0.428. The lowest BCUT2D eigenvalue weighted by atomic mass is 9.88. The number of aryl methyl sites for hydroxylation is 1. The summed E-state index contributed by atoms with van der Waals surface area (Å²) in [6, 6.07) is 12.1. The molecule has 0 heterocycles. The number of amides is 3. The van der Waals surface area contributed by atoms with Crippen LogP contribution in [0.2, 0.25) is 0 Å². The summed E-state index contributed by atoms with van der Waals surface area (Å²) in [5.74, 6) is -0.286. The van der Waals surface area contributed by atoms with Crippen molar-refractivity contribution in [2.45, 2.75) is 77.1 Å². The van der Waals surface area contributed by atoms with Crippen molar-refractivity contribution in [3.05, 3.63) is 59.7 Å². The highest BCUT2D eigenvalue weighted by atomic mass is 16.6. The predicted octanol–water partition coefficient (Wildman–Crippen LogP) is 4.20. The van der Waals surface area contributed by atoms with Gasteiger partial charge in [0.05, 0.1) is 13.7 Å². The van der Waals surface area contributed by atoms with Gasteiger partial charge in [-0.2, -0.15) is 0 Å². The fourth-order valence-electron chi connectivity index (χ4n) is 4.26. The van der Waals surface area contributed by atoms with Crippen molar-refractivity contribution >= 4 is 23.6 Å². The van der Waals surface area contributed by atoms with E-state index in [0.29, 0.717) is 17.0 Å². The Balaban J connectivity index is 1.96. The number of hydrogen-bond acceptors (Lipinski definition) is 6. The molecule has 1 fully saturated rings. The molecule has 0 bridgehead atoms. The van der Waals surface area contributed by atoms with E-state index in [-0.39, 0.29) is 6.04 Å². The van der Waals surface area contributed by atoms with Crippen LogP contribution in [0.1, 0.15) is 64.1 Å². The summed E-state index contributed by atoms with van der Waals surface area (Å²) in [7, 11) is 1.56. The SMILES string of the molecule is CCc1ccc(C(C(=O)Nc2ccc(OC)cc2)N(C(=O)C(CO)NC(=O)OC(C)(C)C)C2CCC2)cc1. The third-order valence-electron chi connectivity index (χ3n) is 6.48. The second-order valence-electron chi connectivity index (χ2n) is 10.4. The maximum atomic E-state index is 13.9. The smallest absolute Gasteiger partial charge is 0.408 e. The molecule has 2 aromatic carbocycles. The van der Waals surface area contributed by atoms with E-state index in [4.69, 9.17) is 9.47 Å². The Hall–Kier alpha value is -3.59. The molecule has 3 rings (SSSR count). The number of methoxy groups -OCH3 is 1. The van der Waals surface area contributed by atoms with Crippen molar-refractivity contribution in [2.75, 3.05) is 19.0 Å². The first-order chi connectivity index (χ1) is 18.1. The van der Waals surface area contributed by atoms with Crippen LogP contribution in [0.5, 0.6) is 5.75 Å². The lowest BCUT2D eigenvalue weighted by Crippen LogP contribution is -2.58. The number of anilines is 1. The minimum atomic E-state index is -1.27. The highest BCUT2D eigenvalue weighted by Crippen LogP contribution is 2.34. The molecule has 206 valence electrons. The van der Waals surface area contributed by atoms with Crippen LogP contribution in [0.3, 0.4) is 0 Å². The number of carbonyl (C=O) groups is 3. The first kappa shape index (κ1) is 29.0. The van der Waals surface area contributed by atoms with E-state index in [1.807, 2.05) is 31.2 Å². The molecule has 0 radical (unpaired) electrons. The second-order valence-corrected chi connectivity index (χ2v) is 10.4. The van der Waals surface area contributed by atoms with Crippen molar-refractivity contribution in [1.29, 1.82) is 0 Å². The zero-order chi connectivity index (χ0) is 27.9. The summed E-state index contributed by atoms with van der Waals surface area (Å²) in [5.41, 5.74) is 1.52. The van der Waals surface area contributed by atoms with Crippen LogP contribution >= 0.6 is 0 Å². The van der Waals surface area contributed by atoms with E-state index in [1.54, 1.807) is 52.1 Å². The van der Waals surface area contributed by atoms with Gasteiger partial charge < -0.3 is 30.1 Å². The van der Waals surface area contributed by atoms with Crippen molar-refractivity contribution in [1.82, 2.24) is 10.2 Å². The fourth-order valence-corrected chi connectivity index (χ4v) is 4.26. The number of benzene rings is 2. The normalized spacial score (nSPS) is 15.0. The molecule has 3 N–H and O–H groups in total. The van der Waals surface area contributed by atoms with Gasteiger partial charge in [0.15, 0.2) is 0 Å². The maximum absolute atomic E-state index is 13.9. The van der Waals surface area contributed by atoms with E-state index in [9.17, 15) is 19.5 Å². The Morgan fingerprint density at radius 2 is 1.68 bits per heavy atom. The molecule has 1 aliphatic carbocycles. The minimum Gasteiger partial charge on any atom is -0.497 e. The Morgan fingerprint density at radius 3 is 2.16 bits per heavy atom. The van der Waals surface area contributed by atoms with Gasteiger partial charge in [0, 0.05) is 11.7 Å². The van der Waals surface area contributed by atoms with Crippen molar-refractivity contribution in [3.8, 4) is 5.75 Å². The van der Waals surface area contributed by atoms with Gasteiger partial charge in [-0.15, -0.1) is 0 Å². The summed E-state index contributed by atoms with van der Waals surface area (Å²) in [6.07, 6.45) is 2.37. The molecular weight excluding hydrogens is 486 g/mol. The number of ether oxygens (including phenoxy) is 2. The Bertz CT molecular complexity index is 1090. The molecule has 1 aliphatic rings. The standard InChI is InChI=1S/C29H39N3O6/c1-6-19-10-12-20(13-11-19)25(26(34)30-21-14-16-23(37-5)17-15-21)32(22-8-7-9-22)27(35)24(18-33)31-28(36)38-29(2,3)4/h10-17,22,24-25,33H,6-9,18H2,1-5H3,(H,30,34)(H,31,36). The Kier molecular flexibility index (Phi) is 9.74. The molecule has 2 atom stereocenters. The summed E-state index contributed by atoms with van der Waals surface area (Å²) >= 11 is 0. The lowest BCUT2D eigenvalue weighted by molar-refractivity contribution is -0.146. The van der Waals surface area contributed by atoms with Crippen LogP contribution in [0.15, 0.2) is 48.5 Å². The third kappa shape index (κ3) is 7.47. The van der Waals surface area contributed by atoms with Crippen LogP contribution in [-0.2, 0) is 20.7 Å². The van der Waals surface area contributed by atoms with E-state index >= 15 is 0 Å². The zero-order valence-corrected chi connectivity index (χ0v) is 22.8. The van der Waals surface area contributed by atoms with Gasteiger partial charge in [0.1, 0.15) is 23.4 Å². The number of nitrogens with one attached hydrogen (secondary N) is 2. The largest absolute Gasteiger partial charge is 0.497 e. The minimum absolute atomic E-state index is 0.213. The van der Waals surface area contributed by atoms with Gasteiger partial charge in [-0.3, -0.25) is 9.59 Å². The molecule has 38 heavy (non-hydrogen) atoms. The number of hydrogen-bond donors (Lipinski definition) is 3. The Labute approximate surface area is 224 Å². The maximum Gasteiger partial charge on any atom is 0.408 e. The number of rotatable bonds is 10. The van der Waals surface area contributed by atoms with Crippen LogP contribution in [0.25, 0.3) is 0 Å². The van der Waals surface area contributed by atoms with Crippen molar-refractivity contribution < 1.29 is 29.0 Å². The number of alkyl carbamates (subject to hydrolysis) is 1. The van der Waals surface area contributed by atoms with Gasteiger partial charge in [-0.05, 0) is 81.8 Å². The van der Waals surface area contributed by atoms with Crippen molar-refractivity contribution in [3.63, 3.8) is 0 Å². The average molecular weight is 526 g/mol. The molecule has 2 aromatic rings. The van der Waals surface area contributed by atoms with Crippen LogP contribution in [0, 0.1) is 0 Å². The summed E-state index contributed by atoms with van der Waals surface area (Å²) in [4.78, 5) is 41.7. The molecule has 9 nitrogen and oxygen atoms in total. The topological polar surface area (TPSA) is 117 Å². The Morgan fingerprint density at radius 1 is 1.05 bits per heavy atom. The van der Waals surface area contributed by atoms with Gasteiger partial charge in [0.2, 0.25) is 5.91 Å². The van der Waals surface area contributed by atoms with Gasteiger partial charge in [-0.25, -0.2) is 4.79 Å². The van der Waals surface area contributed by atoms with E-state index in [1.165, 1.54) is 4.90 Å². The molecule has 2 unspecified atom stereocenters. The molecule has 0 aliphatic heterocycles. The van der Waals surface area contributed by atoms with Crippen molar-refractivity contribution in [2.24, 2.45) is 0 Å². The number of aliphatic hydroxyl groups is 1. The van der Waals surface area contributed by atoms with E-state index in [2.05, 4.69) is 10.6 Å². The van der Waals surface area contributed by atoms with Gasteiger partial charge in [-0.1, -0.05) is 31.2 Å². The number of nitrogens with zero attached hydrogens (tertiary/aromatic N) is 1. The van der Waals surface area contributed by atoms with Gasteiger partial charge >= 0.3 is 6.09 Å². The first-order valence-electron chi connectivity index (χ1n) is 13.0. The monoisotopic (exact) mass is 525 g/mol. The highest BCUT2D eigenvalue weighted by molar-refractivity contribution is 5.99. The summed E-state index contributed by atoms with van der Waals surface area (Å²) < 4.78 is 10.5. The number of carbonyl (C=O) groups excluding carboxylic acids is 3. The lowest BCUT2D eigenvalue weighted by Gasteiger charge is -2.43. The third-order valence-corrected chi connectivity index (χ3v) is 6.48. The fraction of sp³-hybridized carbons (Fsp3) is 0.483. The highest BCUT2D eigenvalue weighted by Gasteiger charge is 2.42. The van der Waals surface area contributed by atoms with Crippen LogP contribution < -0.4 is 15.4 Å². The molecular formula is C29H39N3O6. The van der Waals surface area contributed by atoms with Crippen LogP contribution in [-0.4, -0.2) is 59.3 Å². The molecule has 0 spiro atoms. The van der Waals surface area contributed by atoms with Gasteiger partial charge in [0.25, 0.3) is 5.91 Å². The molecule has 0 aromatic heterocycles. The summed E-state index contributed by atoms with van der Waals surface area (Å²) in [6.45, 7) is 6.54. The number of aliphatic hydroxyl groups excluding tert-OH is 1. The van der Waals surface area contributed by atoms with E-state index < -0.39 is 42.2 Å². The van der Waals surface area contributed by atoms with E-state index in [0.717, 1.165) is 31.2 Å². The summed E-state index contributed by atoms with van der Waals surface area (Å²) in [5, 5.41) is 15.5. The van der Waals surface area contributed by atoms with Crippen LogP contribution in [0.4, 0.5) is 10.5 Å². The predicted molar refractivity (Wildman–Crippen MR) is 145 cm³/mol. The molecule has 3 amide bonds. The average Bonchev–Trinajstić information content (AvgIpc) is 2.85. The molecule has 9 heteroatoms. The molecule has 0 saturated heterocycles. The zero-order valence-electron chi connectivity index (χ0n) is 22.8. The molecule has 1 saturated carbocycles.